The highest BCUT2D eigenvalue weighted by molar-refractivity contribution is 7.17. The summed E-state index contributed by atoms with van der Waals surface area (Å²) in [5.74, 6) is 0.140. The van der Waals surface area contributed by atoms with Crippen molar-refractivity contribution >= 4 is 33.4 Å². The largest absolute Gasteiger partial charge is 0.346 e. The summed E-state index contributed by atoms with van der Waals surface area (Å²) in [5.41, 5.74) is 2.75. The lowest BCUT2D eigenvalue weighted by atomic mass is 10.2. The first-order valence-electron chi connectivity index (χ1n) is 8.81. The molecule has 0 radical (unpaired) electrons. The molecule has 4 aromatic heterocycles. The minimum absolute atomic E-state index is 0.0956. The van der Waals surface area contributed by atoms with Gasteiger partial charge in [0.1, 0.15) is 0 Å². The number of hydrogen-bond acceptors (Lipinski definition) is 7. The van der Waals surface area contributed by atoms with Crippen LogP contribution in [0.5, 0.6) is 0 Å². The zero-order valence-corrected chi connectivity index (χ0v) is 16.0. The first kappa shape index (κ1) is 18.0. The van der Waals surface area contributed by atoms with Gasteiger partial charge in [0.2, 0.25) is 5.95 Å². The Morgan fingerprint density at radius 2 is 1.89 bits per heavy atom. The van der Waals surface area contributed by atoms with Crippen molar-refractivity contribution in [2.45, 2.75) is 19.5 Å². The Kier molecular flexibility index (Phi) is 5.20. The lowest BCUT2D eigenvalue weighted by Gasteiger charge is -2.14. The number of amides is 1. The Morgan fingerprint density at radius 3 is 2.64 bits per heavy atom. The van der Waals surface area contributed by atoms with Crippen molar-refractivity contribution in [1.29, 1.82) is 0 Å². The monoisotopic (exact) mass is 390 g/mol. The molecule has 1 amide bonds. The van der Waals surface area contributed by atoms with Crippen molar-refractivity contribution in [2.24, 2.45) is 0 Å². The number of rotatable bonds is 6. The van der Waals surface area contributed by atoms with Crippen LogP contribution in [0.4, 0.5) is 5.95 Å². The van der Waals surface area contributed by atoms with Crippen LogP contribution in [0.15, 0.2) is 60.2 Å². The van der Waals surface area contributed by atoms with Gasteiger partial charge in [0, 0.05) is 12.4 Å². The molecule has 0 bridgehead atoms. The molecule has 0 aromatic carbocycles. The summed E-state index contributed by atoms with van der Waals surface area (Å²) in [5, 5.41) is 8.02. The van der Waals surface area contributed by atoms with Gasteiger partial charge in [-0.15, -0.1) is 11.3 Å². The van der Waals surface area contributed by atoms with Crippen LogP contribution in [0.3, 0.4) is 0 Å². The van der Waals surface area contributed by atoms with Crippen molar-refractivity contribution < 1.29 is 4.79 Å². The van der Waals surface area contributed by atoms with Crippen molar-refractivity contribution in [1.82, 2.24) is 25.3 Å². The van der Waals surface area contributed by atoms with E-state index in [2.05, 4.69) is 30.6 Å². The Labute approximate surface area is 165 Å². The van der Waals surface area contributed by atoms with Crippen molar-refractivity contribution in [3.05, 3.63) is 77.3 Å². The van der Waals surface area contributed by atoms with E-state index in [0.717, 1.165) is 21.6 Å². The topological polar surface area (TPSA) is 92.7 Å². The number of nitrogens with zero attached hydrogens (tertiary/aromatic N) is 4. The predicted molar refractivity (Wildman–Crippen MR) is 109 cm³/mol. The van der Waals surface area contributed by atoms with Crippen LogP contribution in [-0.2, 0) is 6.54 Å². The van der Waals surface area contributed by atoms with Crippen molar-refractivity contribution in [3.8, 4) is 0 Å². The molecule has 0 saturated heterocycles. The molecule has 0 spiro atoms. The molecule has 0 unspecified atom stereocenters. The second kappa shape index (κ2) is 8.10. The van der Waals surface area contributed by atoms with E-state index in [1.165, 1.54) is 11.3 Å². The zero-order chi connectivity index (χ0) is 19.3. The Balaban J connectivity index is 1.57. The summed E-state index contributed by atoms with van der Waals surface area (Å²) in [6.45, 7) is 2.31. The number of carbonyl (C=O) groups is 1. The second-order valence-electron chi connectivity index (χ2n) is 6.16. The molecule has 8 heteroatoms. The van der Waals surface area contributed by atoms with Gasteiger partial charge in [0.25, 0.3) is 5.91 Å². The Morgan fingerprint density at radius 1 is 1.07 bits per heavy atom. The number of hydrogen-bond donors (Lipinski definition) is 2. The number of nitrogens with one attached hydrogen (secondary N) is 2. The number of aromatic nitrogens is 4. The minimum Gasteiger partial charge on any atom is -0.346 e. The van der Waals surface area contributed by atoms with Crippen LogP contribution in [-0.4, -0.2) is 25.8 Å². The molecule has 0 aliphatic heterocycles. The van der Waals surface area contributed by atoms with Crippen LogP contribution in [0.1, 0.15) is 34.8 Å². The van der Waals surface area contributed by atoms with Crippen LogP contribution in [0, 0.1) is 0 Å². The zero-order valence-electron chi connectivity index (χ0n) is 15.2. The van der Waals surface area contributed by atoms with Gasteiger partial charge in [-0.05, 0) is 42.6 Å². The molecule has 1 atom stereocenters. The maximum absolute atomic E-state index is 12.8. The fourth-order valence-electron chi connectivity index (χ4n) is 2.74. The van der Waals surface area contributed by atoms with Crippen LogP contribution < -0.4 is 10.6 Å². The summed E-state index contributed by atoms with van der Waals surface area (Å²) in [4.78, 5) is 30.4. The van der Waals surface area contributed by atoms with E-state index in [9.17, 15) is 4.79 Å². The van der Waals surface area contributed by atoms with Gasteiger partial charge in [-0.1, -0.05) is 12.1 Å². The van der Waals surface area contributed by atoms with Gasteiger partial charge >= 0.3 is 0 Å². The smallest absolute Gasteiger partial charge is 0.271 e. The third kappa shape index (κ3) is 3.96. The summed E-state index contributed by atoms with van der Waals surface area (Å²) in [6.07, 6.45) is 3.44. The van der Waals surface area contributed by atoms with Crippen molar-refractivity contribution in [2.75, 3.05) is 5.32 Å². The first-order chi connectivity index (χ1) is 13.7. The third-order valence-corrected chi connectivity index (χ3v) is 5.06. The van der Waals surface area contributed by atoms with Gasteiger partial charge in [0.15, 0.2) is 5.69 Å². The highest BCUT2D eigenvalue weighted by atomic mass is 32.1. The third-order valence-electron chi connectivity index (χ3n) is 4.15. The van der Waals surface area contributed by atoms with Crippen LogP contribution in [0.2, 0.25) is 0 Å². The van der Waals surface area contributed by atoms with E-state index < -0.39 is 0 Å². The lowest BCUT2D eigenvalue weighted by molar-refractivity contribution is 0.0947. The summed E-state index contributed by atoms with van der Waals surface area (Å²) < 4.78 is 0.759. The fraction of sp³-hybridized carbons (Fsp3) is 0.150. The molecule has 4 heterocycles. The van der Waals surface area contributed by atoms with E-state index in [1.807, 2.05) is 54.8 Å². The van der Waals surface area contributed by atoms with Crippen molar-refractivity contribution in [3.63, 3.8) is 0 Å². The molecule has 140 valence electrons. The Hall–Kier alpha value is -3.39. The maximum Gasteiger partial charge on any atom is 0.271 e. The molecule has 0 aliphatic rings. The molecule has 4 rings (SSSR count). The molecule has 7 nitrogen and oxygen atoms in total. The van der Waals surface area contributed by atoms with Gasteiger partial charge < -0.3 is 10.6 Å². The van der Waals surface area contributed by atoms with E-state index in [-0.39, 0.29) is 11.9 Å². The standard InChI is InChI=1S/C20H18N6OS/c1-13(15-7-3-5-10-22-15)24-20-25-16-8-11-28-18(16)17(26-20)19(27)23-12-14-6-2-4-9-21-14/h2-11,13H,12H2,1H3,(H,23,27)(H,24,25,26)/t13-/m0/s1. The first-order valence-corrected chi connectivity index (χ1v) is 9.69. The van der Waals surface area contributed by atoms with Crippen LogP contribution in [0.25, 0.3) is 10.2 Å². The second-order valence-corrected chi connectivity index (χ2v) is 7.07. The highest BCUT2D eigenvalue weighted by Crippen LogP contribution is 2.25. The van der Waals surface area contributed by atoms with Gasteiger partial charge in [0.05, 0.1) is 34.2 Å². The number of carbonyl (C=O) groups excluding carboxylic acids is 1. The molecular weight excluding hydrogens is 372 g/mol. The Bertz CT molecular complexity index is 1080. The average molecular weight is 390 g/mol. The quantitative estimate of drug-likeness (QED) is 0.523. The highest BCUT2D eigenvalue weighted by Gasteiger charge is 2.17. The number of thiophene rings is 1. The van der Waals surface area contributed by atoms with E-state index >= 15 is 0 Å². The van der Waals surface area contributed by atoms with E-state index in [1.54, 1.807) is 12.4 Å². The molecular formula is C20H18N6OS. The van der Waals surface area contributed by atoms with E-state index in [4.69, 9.17) is 0 Å². The molecule has 28 heavy (non-hydrogen) atoms. The van der Waals surface area contributed by atoms with Gasteiger partial charge in [-0.3, -0.25) is 14.8 Å². The summed E-state index contributed by atoms with van der Waals surface area (Å²) in [6, 6.07) is 13.1. The summed E-state index contributed by atoms with van der Waals surface area (Å²) in [7, 11) is 0. The predicted octanol–water partition coefficient (Wildman–Crippen LogP) is 3.58. The normalized spacial score (nSPS) is 11.9. The molecule has 0 aliphatic carbocycles. The van der Waals surface area contributed by atoms with Gasteiger partial charge in [-0.25, -0.2) is 9.97 Å². The van der Waals surface area contributed by atoms with E-state index in [0.29, 0.717) is 18.2 Å². The molecule has 0 saturated carbocycles. The number of fused-ring (bicyclic) bond motifs is 1. The minimum atomic E-state index is -0.256. The van der Waals surface area contributed by atoms with Gasteiger partial charge in [-0.2, -0.15) is 0 Å². The maximum atomic E-state index is 12.8. The fourth-order valence-corrected chi connectivity index (χ4v) is 3.56. The van der Waals surface area contributed by atoms with Crippen LogP contribution >= 0.6 is 11.3 Å². The summed E-state index contributed by atoms with van der Waals surface area (Å²) >= 11 is 1.45. The number of pyridine rings is 2. The average Bonchev–Trinajstić information content (AvgIpc) is 3.21. The SMILES string of the molecule is C[C@H](Nc1nc(C(=O)NCc2ccccn2)c2sccc2n1)c1ccccn1. The molecule has 4 aromatic rings. The molecule has 0 fully saturated rings. The number of anilines is 1. The molecule has 2 N–H and O–H groups in total. The lowest BCUT2D eigenvalue weighted by Crippen LogP contribution is -2.25.